The van der Waals surface area contributed by atoms with E-state index in [2.05, 4.69) is 17.2 Å². The number of hydrogen-bond donors (Lipinski definition) is 1. The van der Waals surface area contributed by atoms with Crippen molar-refractivity contribution < 1.29 is 14.0 Å². The van der Waals surface area contributed by atoms with Crippen molar-refractivity contribution in [3.05, 3.63) is 83.7 Å². The van der Waals surface area contributed by atoms with E-state index < -0.39 is 0 Å². The van der Waals surface area contributed by atoms with Crippen LogP contribution in [0.25, 0.3) is 21.7 Å². The maximum atomic E-state index is 13.1. The second-order valence-electron chi connectivity index (χ2n) is 8.33. The quantitative estimate of drug-likeness (QED) is 0.279. The van der Waals surface area contributed by atoms with Crippen LogP contribution in [-0.2, 0) is 6.54 Å². The predicted octanol–water partition coefficient (Wildman–Crippen LogP) is 6.08. The maximum absolute atomic E-state index is 13.1. The fourth-order valence-electron chi connectivity index (χ4n) is 3.95. The lowest BCUT2D eigenvalue weighted by molar-refractivity contribution is 0.0991. The molecule has 0 bridgehead atoms. The number of fused-ring (bicyclic) bond motifs is 1. The highest BCUT2D eigenvalue weighted by molar-refractivity contribution is 7.17. The van der Waals surface area contributed by atoms with Gasteiger partial charge in [-0.15, -0.1) is 11.3 Å². The second-order valence-corrected chi connectivity index (χ2v) is 9.41. The highest BCUT2D eigenvalue weighted by atomic mass is 32.1. The van der Waals surface area contributed by atoms with Crippen LogP contribution in [0.4, 0.5) is 11.6 Å². The lowest BCUT2D eigenvalue weighted by Crippen LogP contribution is -2.26. The summed E-state index contributed by atoms with van der Waals surface area (Å²) in [5.74, 6) is 0.757. The zero-order valence-electron chi connectivity index (χ0n) is 20.0. The maximum Gasteiger partial charge on any atom is 0.268 e. The van der Waals surface area contributed by atoms with Gasteiger partial charge >= 0.3 is 0 Å². The smallest absolute Gasteiger partial charge is 0.268 e. The summed E-state index contributed by atoms with van der Waals surface area (Å²) >= 11 is 1.33. The van der Waals surface area contributed by atoms with Crippen molar-refractivity contribution in [3.8, 4) is 10.6 Å². The van der Waals surface area contributed by atoms with Gasteiger partial charge in [-0.25, -0.2) is 9.97 Å². The second kappa shape index (κ2) is 10.2. The molecule has 5 aromatic rings. The van der Waals surface area contributed by atoms with Crippen LogP contribution in [0.15, 0.2) is 77.7 Å². The van der Waals surface area contributed by atoms with E-state index in [1.54, 1.807) is 36.3 Å². The van der Waals surface area contributed by atoms with Crippen molar-refractivity contribution in [2.45, 2.75) is 26.3 Å². The number of thiophene rings is 1. The Labute approximate surface area is 212 Å². The molecule has 0 aliphatic heterocycles. The van der Waals surface area contributed by atoms with Crippen LogP contribution in [-0.4, -0.2) is 33.4 Å². The molecule has 2 aromatic carbocycles. The number of rotatable bonds is 8. The third kappa shape index (κ3) is 4.65. The number of nitrogens with zero attached hydrogens (tertiary/aromatic N) is 4. The van der Waals surface area contributed by atoms with Crippen LogP contribution < -0.4 is 10.2 Å². The minimum Gasteiger partial charge on any atom is -0.443 e. The van der Waals surface area contributed by atoms with Gasteiger partial charge in [0.05, 0.1) is 27.0 Å². The zero-order chi connectivity index (χ0) is 25.1. The van der Waals surface area contributed by atoms with Gasteiger partial charge in [0.2, 0.25) is 5.95 Å². The molecule has 0 saturated carbocycles. The number of unbranched alkanes of at least 4 members (excludes halogenated alkanes) is 1. The number of aryl methyl sites for hydroxylation is 1. The first-order valence-electron chi connectivity index (χ1n) is 11.7. The zero-order valence-corrected chi connectivity index (χ0v) is 20.8. The van der Waals surface area contributed by atoms with E-state index >= 15 is 0 Å². The average Bonchev–Trinajstić information content (AvgIpc) is 3.67. The molecule has 5 rings (SSSR count). The number of benzene rings is 2. The number of carbonyl (C=O) groups excluding carboxylic acids is 2. The normalized spacial score (nSPS) is 11.1. The van der Waals surface area contributed by atoms with Gasteiger partial charge in [-0.05, 0) is 48.9 Å². The summed E-state index contributed by atoms with van der Waals surface area (Å²) in [6, 6.07) is 18.5. The summed E-state index contributed by atoms with van der Waals surface area (Å²) in [6.45, 7) is 2.84. The highest BCUT2D eigenvalue weighted by Gasteiger charge is 2.19. The van der Waals surface area contributed by atoms with Crippen LogP contribution >= 0.6 is 11.3 Å². The van der Waals surface area contributed by atoms with E-state index in [1.165, 1.54) is 17.7 Å². The van der Waals surface area contributed by atoms with Crippen LogP contribution in [0.1, 0.15) is 39.8 Å². The Balaban J connectivity index is 1.43. The largest absolute Gasteiger partial charge is 0.443 e. The SMILES string of the molecule is CCCCn1c(NC(=O)c2ccc(-c3cnco3)s2)nc2cc(N(C)C(=O)c3ccccc3)ccc21. The summed E-state index contributed by atoms with van der Waals surface area (Å²) < 4.78 is 7.35. The first kappa shape index (κ1) is 23.5. The summed E-state index contributed by atoms with van der Waals surface area (Å²) in [5, 5.41) is 2.98. The van der Waals surface area contributed by atoms with E-state index in [9.17, 15) is 9.59 Å². The molecule has 3 aromatic heterocycles. The van der Waals surface area contributed by atoms with Gasteiger partial charge in [0, 0.05) is 24.8 Å². The molecule has 0 aliphatic rings. The Kier molecular flexibility index (Phi) is 6.64. The predicted molar refractivity (Wildman–Crippen MR) is 142 cm³/mol. The molecule has 2 amide bonds. The minimum absolute atomic E-state index is 0.103. The molecule has 9 heteroatoms. The molecule has 0 fully saturated rings. The molecule has 0 saturated heterocycles. The van der Waals surface area contributed by atoms with Gasteiger partial charge in [0.25, 0.3) is 11.8 Å². The van der Waals surface area contributed by atoms with Crippen molar-refractivity contribution in [1.82, 2.24) is 14.5 Å². The average molecular weight is 500 g/mol. The van der Waals surface area contributed by atoms with E-state index in [4.69, 9.17) is 9.40 Å². The standard InChI is InChI=1S/C27H25N5O3S/c1-3-4-14-32-21-11-10-19(31(2)26(34)18-8-6-5-7-9-18)15-20(21)29-27(32)30-25(33)24-13-12-23(36-24)22-16-28-17-35-22/h5-13,15-17H,3-4,14H2,1-2H3,(H,29,30,33). The fraction of sp³-hybridized carbons (Fsp3) is 0.185. The Morgan fingerprint density at radius 2 is 1.94 bits per heavy atom. The van der Waals surface area contributed by atoms with E-state index in [1.807, 2.05) is 47.0 Å². The molecule has 0 spiro atoms. The Morgan fingerprint density at radius 1 is 1.11 bits per heavy atom. The van der Waals surface area contributed by atoms with E-state index in [0.29, 0.717) is 34.2 Å². The molecule has 0 unspecified atom stereocenters. The summed E-state index contributed by atoms with van der Waals surface area (Å²) in [5.41, 5.74) is 2.95. The number of amides is 2. The van der Waals surface area contributed by atoms with Crippen LogP contribution in [0.2, 0.25) is 0 Å². The molecular formula is C27H25N5O3S. The Bertz CT molecular complexity index is 1510. The van der Waals surface area contributed by atoms with Crippen LogP contribution in [0, 0.1) is 0 Å². The number of oxazole rings is 1. The first-order valence-corrected chi connectivity index (χ1v) is 12.5. The molecule has 182 valence electrons. The molecule has 3 heterocycles. The fourth-order valence-corrected chi connectivity index (χ4v) is 4.80. The number of nitrogens with one attached hydrogen (secondary N) is 1. The Hall–Kier alpha value is -4.24. The van der Waals surface area contributed by atoms with Crippen molar-refractivity contribution in [3.63, 3.8) is 0 Å². The highest BCUT2D eigenvalue weighted by Crippen LogP contribution is 2.30. The summed E-state index contributed by atoms with van der Waals surface area (Å²) in [4.78, 5) is 37.6. The third-order valence-corrected chi connectivity index (χ3v) is 7.01. The molecule has 0 aliphatic carbocycles. The van der Waals surface area contributed by atoms with Crippen molar-refractivity contribution in [1.29, 1.82) is 0 Å². The van der Waals surface area contributed by atoms with E-state index in [-0.39, 0.29) is 11.8 Å². The number of carbonyl (C=O) groups is 2. The van der Waals surface area contributed by atoms with Gasteiger partial charge < -0.3 is 13.9 Å². The molecule has 36 heavy (non-hydrogen) atoms. The van der Waals surface area contributed by atoms with Crippen molar-refractivity contribution in [2.75, 3.05) is 17.3 Å². The number of anilines is 2. The van der Waals surface area contributed by atoms with Gasteiger partial charge in [-0.2, -0.15) is 0 Å². The molecule has 0 radical (unpaired) electrons. The lowest BCUT2D eigenvalue weighted by atomic mass is 10.2. The van der Waals surface area contributed by atoms with Gasteiger partial charge in [0.15, 0.2) is 12.2 Å². The van der Waals surface area contributed by atoms with E-state index in [0.717, 1.165) is 28.9 Å². The summed E-state index contributed by atoms with van der Waals surface area (Å²) in [7, 11) is 1.75. The van der Waals surface area contributed by atoms with Crippen LogP contribution in [0.3, 0.4) is 0 Å². The van der Waals surface area contributed by atoms with Crippen LogP contribution in [0.5, 0.6) is 0 Å². The topological polar surface area (TPSA) is 93.3 Å². The number of imidazole rings is 1. The van der Waals surface area contributed by atoms with Gasteiger partial charge in [-0.1, -0.05) is 31.5 Å². The minimum atomic E-state index is -0.240. The summed E-state index contributed by atoms with van der Waals surface area (Å²) in [6.07, 6.45) is 4.93. The number of aromatic nitrogens is 3. The third-order valence-electron chi connectivity index (χ3n) is 5.91. The van der Waals surface area contributed by atoms with Gasteiger partial charge in [0.1, 0.15) is 0 Å². The monoisotopic (exact) mass is 499 g/mol. The van der Waals surface area contributed by atoms with Crippen molar-refractivity contribution >= 4 is 45.8 Å². The lowest BCUT2D eigenvalue weighted by Gasteiger charge is -2.17. The van der Waals surface area contributed by atoms with Gasteiger partial charge in [-0.3, -0.25) is 14.9 Å². The van der Waals surface area contributed by atoms with Crippen molar-refractivity contribution in [2.24, 2.45) is 0 Å². The molecular weight excluding hydrogens is 474 g/mol. The molecule has 0 atom stereocenters. The Morgan fingerprint density at radius 3 is 2.69 bits per heavy atom. The molecule has 1 N–H and O–H groups in total. The first-order chi connectivity index (χ1) is 17.5. The molecule has 8 nitrogen and oxygen atoms in total. The number of hydrogen-bond acceptors (Lipinski definition) is 6.